The summed E-state index contributed by atoms with van der Waals surface area (Å²) in [7, 11) is 0. The molecule has 9 nitrogen and oxygen atoms in total. The van der Waals surface area contributed by atoms with Crippen LogP contribution in [0.25, 0.3) is 0 Å². The van der Waals surface area contributed by atoms with E-state index in [1.54, 1.807) is 12.1 Å². The van der Waals surface area contributed by atoms with Crippen LogP contribution in [0.4, 0.5) is 5.69 Å². The van der Waals surface area contributed by atoms with Crippen LogP contribution in [0.5, 0.6) is 0 Å². The number of carbonyl (C=O) groups excluding carboxylic acids is 1. The zero-order chi connectivity index (χ0) is 20.1. The monoisotopic (exact) mass is 436 g/mol. The Morgan fingerprint density at radius 3 is 2.79 bits per heavy atom. The van der Waals surface area contributed by atoms with Crippen molar-refractivity contribution in [2.45, 2.75) is 10.1 Å². The standard InChI is InChI=1S/C16H10Cl2N6O3S/c17-10-2-3-11(12(18)6-10)15(25)22-20-7-9-1-4-14(13(5-9)24(26)27)28-16-19-8-21-23-16/h1-8H,(H,22,25)(H,19,21,23)/b20-7-. The van der Waals surface area contributed by atoms with Gasteiger partial charge in [0.05, 0.1) is 26.6 Å². The Morgan fingerprint density at radius 2 is 2.11 bits per heavy atom. The molecule has 0 aliphatic carbocycles. The molecular weight excluding hydrogens is 427 g/mol. The van der Waals surface area contributed by atoms with Crippen molar-refractivity contribution in [3.05, 3.63) is 74.0 Å². The predicted octanol–water partition coefficient (Wildman–Crippen LogP) is 3.93. The van der Waals surface area contributed by atoms with Crippen molar-refractivity contribution in [1.29, 1.82) is 0 Å². The number of hydrazone groups is 1. The van der Waals surface area contributed by atoms with Crippen LogP contribution in [0, 0.1) is 10.1 Å². The Kier molecular flexibility index (Phi) is 6.24. The minimum absolute atomic E-state index is 0.127. The number of nitro groups is 1. The van der Waals surface area contributed by atoms with Crippen LogP contribution < -0.4 is 5.43 Å². The summed E-state index contributed by atoms with van der Waals surface area (Å²) < 4.78 is 0. The number of rotatable bonds is 6. The van der Waals surface area contributed by atoms with Gasteiger partial charge in [0.15, 0.2) is 5.16 Å². The fourth-order valence-electron chi connectivity index (χ4n) is 2.09. The molecule has 1 aromatic heterocycles. The number of aromatic amines is 1. The summed E-state index contributed by atoms with van der Waals surface area (Å²) in [5.74, 6) is -0.537. The molecule has 0 spiro atoms. The molecule has 1 heterocycles. The third-order valence-electron chi connectivity index (χ3n) is 3.33. The van der Waals surface area contributed by atoms with Crippen LogP contribution in [-0.4, -0.2) is 32.2 Å². The Bertz CT molecular complexity index is 1060. The van der Waals surface area contributed by atoms with E-state index >= 15 is 0 Å². The zero-order valence-corrected chi connectivity index (χ0v) is 16.1. The Labute approximate surface area is 172 Å². The summed E-state index contributed by atoms with van der Waals surface area (Å²) in [5, 5.41) is 22.5. The maximum Gasteiger partial charge on any atom is 0.283 e. The largest absolute Gasteiger partial charge is 0.283 e. The Hall–Kier alpha value is -2.95. The number of hydrogen-bond acceptors (Lipinski definition) is 7. The highest BCUT2D eigenvalue weighted by molar-refractivity contribution is 7.99. The summed E-state index contributed by atoms with van der Waals surface area (Å²) in [6.07, 6.45) is 2.60. The van der Waals surface area contributed by atoms with Crippen LogP contribution in [0.3, 0.4) is 0 Å². The molecule has 142 valence electrons. The number of amides is 1. The van der Waals surface area contributed by atoms with Gasteiger partial charge in [-0.25, -0.2) is 10.4 Å². The first kappa shape index (κ1) is 19.8. The molecular formula is C16H10Cl2N6O3S. The first-order valence-corrected chi connectivity index (χ1v) is 9.11. The average molecular weight is 437 g/mol. The number of aromatic nitrogens is 3. The Morgan fingerprint density at radius 1 is 1.29 bits per heavy atom. The molecule has 0 fully saturated rings. The summed E-state index contributed by atoms with van der Waals surface area (Å²) in [5.41, 5.74) is 2.81. The summed E-state index contributed by atoms with van der Waals surface area (Å²) in [6.45, 7) is 0. The highest BCUT2D eigenvalue weighted by Crippen LogP contribution is 2.33. The lowest BCUT2D eigenvalue weighted by atomic mass is 10.2. The van der Waals surface area contributed by atoms with Gasteiger partial charge < -0.3 is 0 Å². The van der Waals surface area contributed by atoms with Gasteiger partial charge in [0, 0.05) is 16.7 Å². The van der Waals surface area contributed by atoms with Crippen LogP contribution >= 0.6 is 35.0 Å². The van der Waals surface area contributed by atoms with Crippen molar-refractivity contribution in [3.63, 3.8) is 0 Å². The van der Waals surface area contributed by atoms with E-state index in [1.165, 1.54) is 36.8 Å². The van der Waals surface area contributed by atoms with Crippen molar-refractivity contribution < 1.29 is 9.72 Å². The SMILES string of the molecule is O=C(N/N=C\c1ccc(Sc2ncn[nH]2)c([N+](=O)[O-])c1)c1ccc(Cl)cc1Cl. The van der Waals surface area contributed by atoms with E-state index in [1.807, 2.05) is 0 Å². The number of nitrogens with zero attached hydrogens (tertiary/aromatic N) is 4. The number of H-pyrrole nitrogens is 1. The zero-order valence-electron chi connectivity index (χ0n) is 13.8. The molecule has 1 amide bonds. The molecule has 12 heteroatoms. The topological polar surface area (TPSA) is 126 Å². The molecule has 0 aliphatic rings. The molecule has 0 saturated carbocycles. The lowest BCUT2D eigenvalue weighted by molar-refractivity contribution is -0.387. The second-order valence-electron chi connectivity index (χ2n) is 5.20. The van der Waals surface area contributed by atoms with Crippen LogP contribution in [0.15, 0.2) is 57.9 Å². The Balaban J connectivity index is 1.73. The van der Waals surface area contributed by atoms with Gasteiger partial charge in [-0.1, -0.05) is 29.3 Å². The number of benzene rings is 2. The number of nitro benzene ring substituents is 1. The van der Waals surface area contributed by atoms with Gasteiger partial charge in [0.2, 0.25) is 0 Å². The van der Waals surface area contributed by atoms with Crippen molar-refractivity contribution >= 4 is 52.8 Å². The number of halogens is 2. The van der Waals surface area contributed by atoms with Crippen molar-refractivity contribution in [2.75, 3.05) is 0 Å². The predicted molar refractivity (Wildman–Crippen MR) is 105 cm³/mol. The van der Waals surface area contributed by atoms with E-state index in [0.29, 0.717) is 20.6 Å². The van der Waals surface area contributed by atoms with E-state index in [-0.39, 0.29) is 16.3 Å². The molecule has 2 N–H and O–H groups in total. The van der Waals surface area contributed by atoms with E-state index < -0.39 is 10.8 Å². The second-order valence-corrected chi connectivity index (χ2v) is 7.07. The fraction of sp³-hybridized carbons (Fsp3) is 0. The van der Waals surface area contributed by atoms with Crippen LogP contribution in [-0.2, 0) is 0 Å². The van der Waals surface area contributed by atoms with Crippen molar-refractivity contribution in [1.82, 2.24) is 20.6 Å². The lowest BCUT2D eigenvalue weighted by Crippen LogP contribution is -2.18. The second kappa shape index (κ2) is 8.83. The van der Waals surface area contributed by atoms with Gasteiger partial charge in [-0.2, -0.15) is 10.2 Å². The number of carbonyl (C=O) groups is 1. The lowest BCUT2D eigenvalue weighted by Gasteiger charge is -2.03. The van der Waals surface area contributed by atoms with Crippen LogP contribution in [0.1, 0.15) is 15.9 Å². The molecule has 0 radical (unpaired) electrons. The molecule has 3 rings (SSSR count). The quantitative estimate of drug-likeness (QED) is 0.342. The highest BCUT2D eigenvalue weighted by atomic mass is 35.5. The number of hydrogen-bond donors (Lipinski definition) is 2. The van der Waals surface area contributed by atoms with Crippen LogP contribution in [0.2, 0.25) is 10.0 Å². The van der Waals surface area contributed by atoms with Gasteiger partial charge >= 0.3 is 0 Å². The van der Waals surface area contributed by atoms with E-state index in [0.717, 1.165) is 11.8 Å². The minimum atomic E-state index is -0.537. The highest BCUT2D eigenvalue weighted by Gasteiger charge is 2.16. The van der Waals surface area contributed by atoms with Gasteiger partial charge in [-0.3, -0.25) is 20.0 Å². The van der Waals surface area contributed by atoms with Gasteiger partial charge in [0.25, 0.3) is 11.6 Å². The third-order valence-corrected chi connectivity index (χ3v) is 4.84. The maximum atomic E-state index is 12.1. The number of nitrogens with one attached hydrogen (secondary N) is 2. The molecule has 28 heavy (non-hydrogen) atoms. The molecule has 0 aliphatic heterocycles. The third kappa shape index (κ3) is 4.85. The molecule has 2 aromatic carbocycles. The maximum absolute atomic E-state index is 12.1. The molecule has 0 atom stereocenters. The first-order valence-electron chi connectivity index (χ1n) is 7.54. The summed E-state index contributed by atoms with van der Waals surface area (Å²) in [6, 6.07) is 8.96. The van der Waals surface area contributed by atoms with Gasteiger partial charge in [-0.15, -0.1) is 0 Å². The van der Waals surface area contributed by atoms with Crippen molar-refractivity contribution in [3.8, 4) is 0 Å². The molecule has 3 aromatic rings. The van der Waals surface area contributed by atoms with E-state index in [9.17, 15) is 14.9 Å². The fourth-order valence-corrected chi connectivity index (χ4v) is 3.37. The smallest absolute Gasteiger partial charge is 0.267 e. The summed E-state index contributed by atoms with van der Waals surface area (Å²) >= 11 is 12.8. The summed E-state index contributed by atoms with van der Waals surface area (Å²) in [4.78, 5) is 27.2. The minimum Gasteiger partial charge on any atom is -0.267 e. The van der Waals surface area contributed by atoms with Gasteiger partial charge in [-0.05, 0) is 36.0 Å². The van der Waals surface area contributed by atoms with Crippen molar-refractivity contribution in [2.24, 2.45) is 5.10 Å². The first-order chi connectivity index (χ1) is 13.4. The van der Waals surface area contributed by atoms with E-state index in [4.69, 9.17) is 23.2 Å². The molecule has 0 saturated heterocycles. The normalized spacial score (nSPS) is 10.9. The molecule has 0 bridgehead atoms. The average Bonchev–Trinajstić information content (AvgIpc) is 3.15. The molecule has 0 unspecified atom stereocenters. The van der Waals surface area contributed by atoms with E-state index in [2.05, 4.69) is 25.7 Å². The van der Waals surface area contributed by atoms with Gasteiger partial charge in [0.1, 0.15) is 6.33 Å².